The third kappa shape index (κ3) is 3.28. The monoisotopic (exact) mass is 288 g/mol. The number of nitrogens with zero attached hydrogens (tertiary/aromatic N) is 3. The third-order valence-electron chi connectivity index (χ3n) is 2.21. The number of aryl methyl sites for hydroxylation is 1. The van der Waals surface area contributed by atoms with Gasteiger partial charge in [-0.15, -0.1) is 11.3 Å². The predicted molar refractivity (Wildman–Crippen MR) is 70.9 cm³/mol. The van der Waals surface area contributed by atoms with Crippen molar-refractivity contribution in [3.05, 3.63) is 32.5 Å². The van der Waals surface area contributed by atoms with Crippen molar-refractivity contribution in [3.8, 4) is 0 Å². The second-order valence-electron chi connectivity index (χ2n) is 3.27. The molecular weight excluding hydrogens is 279 g/mol. The molecule has 2 aromatic rings. The number of anilines is 1. The highest BCUT2D eigenvalue weighted by atomic mass is 35.5. The van der Waals surface area contributed by atoms with Crippen molar-refractivity contribution in [1.82, 2.24) is 15.0 Å². The predicted octanol–water partition coefficient (Wildman–Crippen LogP) is 3.41. The summed E-state index contributed by atoms with van der Waals surface area (Å²) in [4.78, 5) is 12.8. The van der Waals surface area contributed by atoms with Gasteiger partial charge < -0.3 is 5.32 Å². The summed E-state index contributed by atoms with van der Waals surface area (Å²) in [6.07, 6.45) is 1.01. The molecule has 0 unspecified atom stereocenters. The standard InChI is InChI=1S/C10H10Cl2N4S/c1-2-6-3-4-17-7(6)5-13-10-15-8(11)14-9(12)16-10/h3-4H,2,5H2,1H3,(H,13,14,15,16). The summed E-state index contributed by atoms with van der Waals surface area (Å²) < 4.78 is 0. The van der Waals surface area contributed by atoms with Crippen LogP contribution in [0.4, 0.5) is 5.95 Å². The summed E-state index contributed by atoms with van der Waals surface area (Å²) in [5.74, 6) is 0.394. The van der Waals surface area contributed by atoms with Crippen molar-refractivity contribution < 1.29 is 0 Å². The summed E-state index contributed by atoms with van der Waals surface area (Å²) in [7, 11) is 0. The van der Waals surface area contributed by atoms with Crippen molar-refractivity contribution in [2.24, 2.45) is 0 Å². The lowest BCUT2D eigenvalue weighted by Crippen LogP contribution is -2.05. The van der Waals surface area contributed by atoms with E-state index < -0.39 is 0 Å². The molecule has 0 aliphatic heterocycles. The molecule has 0 radical (unpaired) electrons. The van der Waals surface area contributed by atoms with Crippen LogP contribution >= 0.6 is 34.5 Å². The number of hydrogen-bond donors (Lipinski definition) is 1. The topological polar surface area (TPSA) is 50.7 Å². The van der Waals surface area contributed by atoms with E-state index in [1.807, 2.05) is 0 Å². The summed E-state index contributed by atoms with van der Waals surface area (Å²) >= 11 is 13.1. The molecule has 90 valence electrons. The molecule has 0 saturated carbocycles. The molecular formula is C10H10Cl2N4S. The highest BCUT2D eigenvalue weighted by molar-refractivity contribution is 7.10. The lowest BCUT2D eigenvalue weighted by molar-refractivity contribution is 0.997. The van der Waals surface area contributed by atoms with E-state index in [4.69, 9.17) is 23.2 Å². The molecule has 0 spiro atoms. The second kappa shape index (κ2) is 5.62. The van der Waals surface area contributed by atoms with E-state index in [0.29, 0.717) is 12.5 Å². The Kier molecular flexibility index (Phi) is 4.15. The van der Waals surface area contributed by atoms with Gasteiger partial charge in [0, 0.05) is 4.88 Å². The fourth-order valence-corrected chi connectivity index (χ4v) is 2.68. The van der Waals surface area contributed by atoms with Crippen molar-refractivity contribution >= 4 is 40.5 Å². The molecule has 7 heteroatoms. The van der Waals surface area contributed by atoms with Crippen LogP contribution in [0.25, 0.3) is 0 Å². The number of aromatic nitrogens is 3. The van der Waals surface area contributed by atoms with Crippen LogP contribution in [0.1, 0.15) is 17.4 Å². The number of nitrogens with one attached hydrogen (secondary N) is 1. The Labute approximate surface area is 113 Å². The largest absolute Gasteiger partial charge is 0.349 e. The number of thiophene rings is 1. The van der Waals surface area contributed by atoms with Crippen LogP contribution in [0, 0.1) is 0 Å². The summed E-state index contributed by atoms with van der Waals surface area (Å²) in [5, 5.41) is 5.34. The first-order chi connectivity index (χ1) is 8.19. The van der Waals surface area contributed by atoms with Gasteiger partial charge in [-0.25, -0.2) is 0 Å². The second-order valence-corrected chi connectivity index (χ2v) is 4.95. The smallest absolute Gasteiger partial charge is 0.228 e. The Morgan fingerprint density at radius 3 is 2.59 bits per heavy atom. The van der Waals surface area contributed by atoms with Crippen LogP contribution < -0.4 is 5.32 Å². The summed E-state index contributed by atoms with van der Waals surface area (Å²) in [6, 6.07) is 2.12. The minimum atomic E-state index is 0.0920. The molecule has 2 aromatic heterocycles. The maximum atomic E-state index is 5.69. The van der Waals surface area contributed by atoms with Gasteiger partial charge in [-0.2, -0.15) is 15.0 Å². The molecule has 0 amide bonds. The average Bonchev–Trinajstić information content (AvgIpc) is 2.72. The normalized spacial score (nSPS) is 10.5. The Morgan fingerprint density at radius 1 is 1.24 bits per heavy atom. The van der Waals surface area contributed by atoms with Gasteiger partial charge >= 0.3 is 0 Å². The molecule has 0 bridgehead atoms. The van der Waals surface area contributed by atoms with Gasteiger partial charge in [-0.1, -0.05) is 6.92 Å². The van der Waals surface area contributed by atoms with E-state index in [1.54, 1.807) is 11.3 Å². The van der Waals surface area contributed by atoms with Crippen LogP contribution in [0.5, 0.6) is 0 Å². The van der Waals surface area contributed by atoms with Crippen LogP contribution in [-0.2, 0) is 13.0 Å². The van der Waals surface area contributed by atoms with Crippen LogP contribution in [0.15, 0.2) is 11.4 Å². The van der Waals surface area contributed by atoms with E-state index in [2.05, 4.69) is 38.6 Å². The van der Waals surface area contributed by atoms with E-state index in [-0.39, 0.29) is 10.6 Å². The average molecular weight is 289 g/mol. The van der Waals surface area contributed by atoms with Gasteiger partial charge in [0.1, 0.15) is 0 Å². The molecule has 2 rings (SSSR count). The highest BCUT2D eigenvalue weighted by Crippen LogP contribution is 2.18. The zero-order valence-electron chi connectivity index (χ0n) is 9.07. The van der Waals surface area contributed by atoms with Crippen molar-refractivity contribution in [3.63, 3.8) is 0 Å². The quantitative estimate of drug-likeness (QED) is 0.937. The fraction of sp³-hybridized carbons (Fsp3) is 0.300. The number of halogens is 2. The molecule has 0 atom stereocenters. The van der Waals surface area contributed by atoms with Gasteiger partial charge in [-0.3, -0.25) is 0 Å². The third-order valence-corrected chi connectivity index (χ3v) is 3.51. The van der Waals surface area contributed by atoms with Gasteiger partial charge in [0.05, 0.1) is 6.54 Å². The zero-order chi connectivity index (χ0) is 12.3. The summed E-state index contributed by atoms with van der Waals surface area (Å²) in [6.45, 7) is 2.79. The zero-order valence-corrected chi connectivity index (χ0v) is 11.4. The highest BCUT2D eigenvalue weighted by Gasteiger charge is 2.05. The molecule has 4 nitrogen and oxygen atoms in total. The van der Waals surface area contributed by atoms with E-state index >= 15 is 0 Å². The lowest BCUT2D eigenvalue weighted by atomic mass is 10.2. The maximum Gasteiger partial charge on any atom is 0.228 e. The fourth-order valence-electron chi connectivity index (χ4n) is 1.40. The van der Waals surface area contributed by atoms with E-state index in [1.165, 1.54) is 10.4 Å². The molecule has 0 aliphatic rings. The van der Waals surface area contributed by atoms with Crippen LogP contribution in [0.2, 0.25) is 10.6 Å². The first-order valence-corrected chi connectivity index (χ1v) is 6.68. The van der Waals surface area contributed by atoms with Gasteiger partial charge in [0.2, 0.25) is 16.5 Å². The SMILES string of the molecule is CCc1ccsc1CNc1nc(Cl)nc(Cl)n1. The van der Waals surface area contributed by atoms with Gasteiger partial charge in [0.25, 0.3) is 0 Å². The van der Waals surface area contributed by atoms with E-state index in [0.717, 1.165) is 6.42 Å². The molecule has 0 saturated heterocycles. The first kappa shape index (κ1) is 12.5. The minimum absolute atomic E-state index is 0.0920. The van der Waals surface area contributed by atoms with Crippen molar-refractivity contribution in [2.45, 2.75) is 19.9 Å². The Hall–Kier alpha value is -0.910. The van der Waals surface area contributed by atoms with E-state index in [9.17, 15) is 0 Å². The Morgan fingerprint density at radius 2 is 1.94 bits per heavy atom. The number of hydrogen-bond acceptors (Lipinski definition) is 5. The van der Waals surface area contributed by atoms with Gasteiger partial charge in [0.15, 0.2) is 0 Å². The van der Waals surface area contributed by atoms with Crippen LogP contribution in [0.3, 0.4) is 0 Å². The molecule has 0 fully saturated rings. The van der Waals surface area contributed by atoms with Crippen molar-refractivity contribution in [1.29, 1.82) is 0 Å². The molecule has 2 heterocycles. The van der Waals surface area contributed by atoms with Crippen molar-refractivity contribution in [2.75, 3.05) is 5.32 Å². The first-order valence-electron chi connectivity index (χ1n) is 5.05. The lowest BCUT2D eigenvalue weighted by Gasteiger charge is -2.05. The molecule has 1 N–H and O–H groups in total. The summed E-state index contributed by atoms with van der Waals surface area (Å²) in [5.41, 5.74) is 1.33. The Bertz CT molecular complexity index is 495. The molecule has 0 aliphatic carbocycles. The Balaban J connectivity index is 2.07. The minimum Gasteiger partial charge on any atom is -0.349 e. The number of rotatable bonds is 4. The molecule has 0 aromatic carbocycles. The maximum absolute atomic E-state index is 5.69. The van der Waals surface area contributed by atoms with Crippen LogP contribution in [-0.4, -0.2) is 15.0 Å². The van der Waals surface area contributed by atoms with Gasteiger partial charge in [-0.05, 0) is 46.6 Å². The molecule has 17 heavy (non-hydrogen) atoms.